The van der Waals surface area contributed by atoms with E-state index in [2.05, 4.69) is 25.8 Å². The zero-order chi connectivity index (χ0) is 15.4. The lowest BCUT2D eigenvalue weighted by Crippen LogP contribution is -2.15. The Kier molecular flexibility index (Phi) is 4.51. The Balaban J connectivity index is 1.57. The molecule has 0 unspecified atom stereocenters. The molecule has 3 heterocycles. The minimum Gasteiger partial charge on any atom is -0.300 e. The average Bonchev–Trinajstić information content (AvgIpc) is 3.20. The summed E-state index contributed by atoms with van der Waals surface area (Å²) in [4.78, 5) is 28.5. The van der Waals surface area contributed by atoms with Crippen LogP contribution in [0.4, 0.5) is 10.3 Å². The van der Waals surface area contributed by atoms with Crippen molar-refractivity contribution < 1.29 is 9.59 Å². The van der Waals surface area contributed by atoms with Gasteiger partial charge >= 0.3 is 0 Å². The molecule has 0 aliphatic carbocycles. The molecule has 0 saturated heterocycles. The third-order valence-corrected chi connectivity index (χ3v) is 4.75. The maximum Gasteiger partial charge on any atom is 0.267 e. The van der Waals surface area contributed by atoms with Crippen molar-refractivity contribution in [2.45, 2.75) is 6.42 Å². The fourth-order valence-electron chi connectivity index (χ4n) is 1.57. The van der Waals surface area contributed by atoms with Crippen LogP contribution in [0.5, 0.6) is 0 Å². The van der Waals surface area contributed by atoms with Crippen LogP contribution >= 0.6 is 34.0 Å². The standard InChI is InChI=1S/C12H9N5O2S3/c18-9(15-12-17-13-6-22-12)4-7-5-21-11(14-7)16-10(19)8-2-1-3-20-8/h1-3,5-6H,4H2,(H,14,16,19)(H,15,17,18). The molecule has 0 spiro atoms. The summed E-state index contributed by atoms with van der Waals surface area (Å²) in [6, 6.07) is 3.55. The van der Waals surface area contributed by atoms with Gasteiger partial charge in [-0.25, -0.2) is 4.98 Å². The highest BCUT2D eigenvalue weighted by atomic mass is 32.1. The summed E-state index contributed by atoms with van der Waals surface area (Å²) in [7, 11) is 0. The van der Waals surface area contributed by atoms with Crippen LogP contribution in [0, 0.1) is 0 Å². The fourth-order valence-corrected chi connectivity index (χ4v) is 3.35. The molecule has 0 bridgehead atoms. The number of rotatable bonds is 5. The molecule has 0 saturated carbocycles. The number of nitrogens with one attached hydrogen (secondary N) is 2. The average molecular weight is 351 g/mol. The van der Waals surface area contributed by atoms with E-state index >= 15 is 0 Å². The Morgan fingerprint density at radius 1 is 1.14 bits per heavy atom. The van der Waals surface area contributed by atoms with Crippen LogP contribution < -0.4 is 10.6 Å². The minimum atomic E-state index is -0.224. The third kappa shape index (κ3) is 3.72. The van der Waals surface area contributed by atoms with Gasteiger partial charge in [0, 0.05) is 5.38 Å². The van der Waals surface area contributed by atoms with E-state index in [0.717, 1.165) is 0 Å². The Morgan fingerprint density at radius 3 is 2.77 bits per heavy atom. The van der Waals surface area contributed by atoms with Crippen LogP contribution in [-0.2, 0) is 11.2 Å². The maximum absolute atomic E-state index is 11.9. The number of hydrogen-bond donors (Lipinski definition) is 2. The topological polar surface area (TPSA) is 96.9 Å². The Bertz CT molecular complexity index is 767. The zero-order valence-electron chi connectivity index (χ0n) is 11.0. The molecule has 112 valence electrons. The molecule has 3 aromatic rings. The van der Waals surface area contributed by atoms with E-state index in [9.17, 15) is 9.59 Å². The number of carbonyl (C=O) groups is 2. The number of nitrogens with zero attached hydrogens (tertiary/aromatic N) is 3. The smallest absolute Gasteiger partial charge is 0.267 e. The van der Waals surface area contributed by atoms with Gasteiger partial charge in [-0.05, 0) is 11.4 Å². The highest BCUT2D eigenvalue weighted by Gasteiger charge is 2.12. The first-order valence-corrected chi connectivity index (χ1v) is 8.70. The normalized spacial score (nSPS) is 10.4. The van der Waals surface area contributed by atoms with Gasteiger partial charge in [0.15, 0.2) is 5.13 Å². The third-order valence-electron chi connectivity index (χ3n) is 2.47. The first-order chi connectivity index (χ1) is 10.7. The number of carbonyl (C=O) groups excluding carboxylic acids is 2. The Morgan fingerprint density at radius 2 is 2.05 bits per heavy atom. The number of hydrogen-bond acceptors (Lipinski definition) is 8. The van der Waals surface area contributed by atoms with Gasteiger partial charge < -0.3 is 5.32 Å². The largest absolute Gasteiger partial charge is 0.300 e. The number of anilines is 2. The highest BCUT2D eigenvalue weighted by molar-refractivity contribution is 7.14. The van der Waals surface area contributed by atoms with Crippen molar-refractivity contribution >= 4 is 56.1 Å². The first-order valence-electron chi connectivity index (χ1n) is 6.06. The van der Waals surface area contributed by atoms with E-state index in [4.69, 9.17) is 0 Å². The molecule has 0 fully saturated rings. The van der Waals surface area contributed by atoms with Crippen molar-refractivity contribution in [3.05, 3.63) is 39.0 Å². The molecule has 3 rings (SSSR count). The molecule has 7 nitrogen and oxygen atoms in total. The first kappa shape index (κ1) is 14.8. The van der Waals surface area contributed by atoms with Gasteiger partial charge in [0.2, 0.25) is 11.0 Å². The second-order valence-corrected chi connectivity index (χ2v) is 6.68. The summed E-state index contributed by atoms with van der Waals surface area (Å²) in [6.45, 7) is 0. The van der Waals surface area contributed by atoms with E-state index in [1.54, 1.807) is 11.4 Å². The van der Waals surface area contributed by atoms with E-state index in [1.807, 2.05) is 11.4 Å². The minimum absolute atomic E-state index is 0.116. The van der Waals surface area contributed by atoms with E-state index < -0.39 is 0 Å². The van der Waals surface area contributed by atoms with Gasteiger partial charge in [0.05, 0.1) is 17.0 Å². The van der Waals surface area contributed by atoms with Crippen molar-refractivity contribution in [2.75, 3.05) is 10.6 Å². The van der Waals surface area contributed by atoms with Gasteiger partial charge in [-0.1, -0.05) is 17.4 Å². The van der Waals surface area contributed by atoms with Crippen LogP contribution in [0.15, 0.2) is 28.4 Å². The molecule has 0 atom stereocenters. The van der Waals surface area contributed by atoms with Crippen molar-refractivity contribution in [3.63, 3.8) is 0 Å². The van der Waals surface area contributed by atoms with Gasteiger partial charge in [0.1, 0.15) is 5.51 Å². The number of thiophene rings is 1. The summed E-state index contributed by atoms with van der Waals surface area (Å²) in [5, 5.41) is 17.2. The molecule has 3 aromatic heterocycles. The van der Waals surface area contributed by atoms with Crippen molar-refractivity contribution in [1.29, 1.82) is 0 Å². The maximum atomic E-state index is 11.9. The molecule has 0 aromatic carbocycles. The van der Waals surface area contributed by atoms with Crippen LogP contribution in [0.3, 0.4) is 0 Å². The molecular weight excluding hydrogens is 342 g/mol. The Labute approximate surface area is 137 Å². The van der Waals surface area contributed by atoms with E-state index in [1.165, 1.54) is 39.5 Å². The molecule has 10 heteroatoms. The highest BCUT2D eigenvalue weighted by Crippen LogP contribution is 2.18. The van der Waals surface area contributed by atoms with Gasteiger partial charge in [-0.3, -0.25) is 14.9 Å². The molecule has 0 radical (unpaired) electrons. The lowest BCUT2D eigenvalue weighted by atomic mass is 10.3. The van der Waals surface area contributed by atoms with Gasteiger partial charge in [0.25, 0.3) is 5.91 Å². The lowest BCUT2D eigenvalue weighted by molar-refractivity contribution is -0.115. The van der Waals surface area contributed by atoms with Crippen LogP contribution in [0.25, 0.3) is 0 Å². The van der Waals surface area contributed by atoms with Crippen LogP contribution in [-0.4, -0.2) is 27.0 Å². The predicted octanol–water partition coefficient (Wildman–Crippen LogP) is 2.49. The molecule has 2 amide bonds. The number of amides is 2. The monoisotopic (exact) mass is 351 g/mol. The Hall–Kier alpha value is -2.17. The summed E-state index contributed by atoms with van der Waals surface area (Å²) in [6.07, 6.45) is 0.116. The second kappa shape index (κ2) is 6.73. The van der Waals surface area contributed by atoms with Crippen LogP contribution in [0.1, 0.15) is 15.4 Å². The number of aromatic nitrogens is 3. The van der Waals surface area contributed by atoms with E-state index in [-0.39, 0.29) is 18.2 Å². The predicted molar refractivity (Wildman–Crippen MR) is 86.6 cm³/mol. The van der Waals surface area contributed by atoms with Crippen molar-refractivity contribution in [1.82, 2.24) is 15.2 Å². The van der Waals surface area contributed by atoms with E-state index in [0.29, 0.717) is 20.8 Å². The van der Waals surface area contributed by atoms with Crippen LogP contribution in [0.2, 0.25) is 0 Å². The van der Waals surface area contributed by atoms with Gasteiger partial charge in [-0.15, -0.1) is 32.9 Å². The zero-order valence-corrected chi connectivity index (χ0v) is 13.4. The summed E-state index contributed by atoms with van der Waals surface area (Å²) >= 11 is 3.89. The lowest BCUT2D eigenvalue weighted by Gasteiger charge is -1.99. The molecular formula is C12H9N5O2S3. The summed E-state index contributed by atoms with van der Waals surface area (Å²) in [5.41, 5.74) is 2.13. The molecule has 0 aliphatic rings. The second-order valence-electron chi connectivity index (χ2n) is 4.04. The van der Waals surface area contributed by atoms with Gasteiger partial charge in [-0.2, -0.15) is 0 Å². The molecule has 0 aliphatic heterocycles. The fraction of sp³-hybridized carbons (Fsp3) is 0.0833. The number of thiazole rings is 1. The molecule has 22 heavy (non-hydrogen) atoms. The quantitative estimate of drug-likeness (QED) is 0.736. The summed E-state index contributed by atoms with van der Waals surface area (Å²) in [5.74, 6) is -0.424. The summed E-state index contributed by atoms with van der Waals surface area (Å²) < 4.78 is 0. The van der Waals surface area contributed by atoms with Crippen molar-refractivity contribution in [2.24, 2.45) is 0 Å². The SMILES string of the molecule is O=C(Cc1csc(NC(=O)c2cccs2)n1)Nc1nncs1. The van der Waals surface area contributed by atoms with Crippen molar-refractivity contribution in [3.8, 4) is 0 Å². The molecule has 2 N–H and O–H groups in total.